The topological polar surface area (TPSA) is 49.4 Å². The monoisotopic (exact) mass is 432 g/mol. The summed E-state index contributed by atoms with van der Waals surface area (Å²) in [5, 5.41) is 3.53. The molecule has 156 valence electrons. The number of halogens is 1. The van der Waals surface area contributed by atoms with Gasteiger partial charge in [-0.15, -0.1) is 11.8 Å². The first-order chi connectivity index (χ1) is 14.1. The van der Waals surface area contributed by atoms with Crippen molar-refractivity contribution in [2.24, 2.45) is 0 Å². The van der Waals surface area contributed by atoms with Gasteiger partial charge in [0, 0.05) is 35.2 Å². The Morgan fingerprint density at radius 2 is 1.76 bits per heavy atom. The highest BCUT2D eigenvalue weighted by Gasteiger charge is 2.28. The maximum absolute atomic E-state index is 13.1. The Labute approximate surface area is 183 Å². The molecule has 0 unspecified atom stereocenters. The fourth-order valence-corrected chi connectivity index (χ4v) is 4.07. The second-order valence-electron chi connectivity index (χ2n) is 6.74. The van der Waals surface area contributed by atoms with Crippen LogP contribution in [0.15, 0.2) is 59.5 Å². The van der Waals surface area contributed by atoms with Crippen LogP contribution in [0.2, 0.25) is 5.02 Å². The third-order valence-corrected chi connectivity index (χ3v) is 5.94. The summed E-state index contributed by atoms with van der Waals surface area (Å²) < 4.78 is 0. The highest BCUT2D eigenvalue weighted by Crippen LogP contribution is 2.22. The molecule has 0 heterocycles. The lowest BCUT2D eigenvalue weighted by molar-refractivity contribution is -0.141. The minimum absolute atomic E-state index is 0.0353. The molecule has 0 radical (unpaired) electrons. The van der Waals surface area contributed by atoms with Crippen molar-refractivity contribution in [3.63, 3.8) is 0 Å². The average molecular weight is 433 g/mol. The van der Waals surface area contributed by atoms with Crippen molar-refractivity contribution in [1.29, 1.82) is 0 Å². The quantitative estimate of drug-likeness (QED) is 0.499. The molecule has 0 saturated carbocycles. The fraction of sp³-hybridized carbons (Fsp3) is 0.391. The van der Waals surface area contributed by atoms with Crippen LogP contribution in [0.25, 0.3) is 0 Å². The third-order valence-electron chi connectivity index (χ3n) is 4.56. The molecule has 0 spiro atoms. The second-order valence-corrected chi connectivity index (χ2v) is 8.32. The van der Waals surface area contributed by atoms with E-state index in [4.69, 9.17) is 11.6 Å². The molecular formula is C23H29ClN2O2S. The summed E-state index contributed by atoms with van der Waals surface area (Å²) in [5.74, 6) is 0.520. The van der Waals surface area contributed by atoms with Crippen molar-refractivity contribution in [3.05, 3.63) is 65.2 Å². The highest BCUT2D eigenvalue weighted by atomic mass is 35.5. The van der Waals surface area contributed by atoms with Crippen LogP contribution in [0.1, 0.15) is 38.7 Å². The Morgan fingerprint density at radius 1 is 1.07 bits per heavy atom. The number of hydrogen-bond donors (Lipinski definition) is 1. The summed E-state index contributed by atoms with van der Waals surface area (Å²) in [4.78, 5) is 28.6. The SMILES string of the molecule is CCCNC(=O)[C@H](CC)N(Cc1ccccc1Cl)C(=O)CCSc1ccccc1. The molecule has 0 aliphatic rings. The molecule has 0 saturated heterocycles. The third kappa shape index (κ3) is 7.41. The lowest BCUT2D eigenvalue weighted by Crippen LogP contribution is -2.49. The molecule has 1 N–H and O–H groups in total. The lowest BCUT2D eigenvalue weighted by Gasteiger charge is -2.31. The second kappa shape index (κ2) is 12.6. The summed E-state index contributed by atoms with van der Waals surface area (Å²) in [6, 6.07) is 17.0. The first-order valence-corrected chi connectivity index (χ1v) is 11.4. The normalized spacial score (nSPS) is 11.7. The molecule has 4 nitrogen and oxygen atoms in total. The van der Waals surface area contributed by atoms with Gasteiger partial charge in [0.15, 0.2) is 0 Å². The predicted octanol–water partition coefficient (Wildman–Crippen LogP) is 5.16. The van der Waals surface area contributed by atoms with Gasteiger partial charge in [-0.3, -0.25) is 9.59 Å². The number of rotatable bonds is 11. The zero-order chi connectivity index (χ0) is 21.1. The van der Waals surface area contributed by atoms with Gasteiger partial charge >= 0.3 is 0 Å². The largest absolute Gasteiger partial charge is 0.354 e. The maximum atomic E-state index is 13.1. The molecule has 29 heavy (non-hydrogen) atoms. The van der Waals surface area contributed by atoms with Crippen molar-refractivity contribution >= 4 is 35.2 Å². The molecule has 0 aliphatic carbocycles. The minimum Gasteiger partial charge on any atom is -0.354 e. The van der Waals surface area contributed by atoms with Crippen molar-refractivity contribution in [1.82, 2.24) is 10.2 Å². The molecule has 2 aromatic carbocycles. The van der Waals surface area contributed by atoms with Crippen LogP contribution < -0.4 is 5.32 Å². The van der Waals surface area contributed by atoms with Gasteiger partial charge < -0.3 is 10.2 Å². The van der Waals surface area contributed by atoms with Gasteiger partial charge in [0.2, 0.25) is 11.8 Å². The number of carbonyl (C=O) groups excluding carboxylic acids is 2. The number of benzene rings is 2. The van der Waals surface area contributed by atoms with E-state index in [-0.39, 0.29) is 11.8 Å². The van der Waals surface area contributed by atoms with Gasteiger partial charge in [-0.05, 0) is 36.6 Å². The maximum Gasteiger partial charge on any atom is 0.242 e. The van der Waals surface area contributed by atoms with E-state index in [9.17, 15) is 9.59 Å². The summed E-state index contributed by atoms with van der Waals surface area (Å²) in [6.45, 7) is 4.87. The number of thioether (sulfide) groups is 1. The Hall–Kier alpha value is -1.98. The van der Waals surface area contributed by atoms with Crippen LogP contribution in [0.5, 0.6) is 0 Å². The number of nitrogens with zero attached hydrogens (tertiary/aromatic N) is 1. The van der Waals surface area contributed by atoms with Gasteiger partial charge in [-0.1, -0.05) is 61.8 Å². The van der Waals surface area contributed by atoms with Gasteiger partial charge in [-0.2, -0.15) is 0 Å². The van der Waals surface area contributed by atoms with E-state index in [0.717, 1.165) is 16.9 Å². The van der Waals surface area contributed by atoms with E-state index in [1.54, 1.807) is 16.7 Å². The van der Waals surface area contributed by atoms with Gasteiger partial charge in [0.25, 0.3) is 0 Å². The smallest absolute Gasteiger partial charge is 0.242 e. The molecular weight excluding hydrogens is 404 g/mol. The standard InChI is InChI=1S/C23H29ClN2O2S/c1-3-15-25-23(28)21(4-2)26(17-18-10-8-9-13-20(18)24)22(27)14-16-29-19-11-6-5-7-12-19/h5-13,21H,3-4,14-17H2,1-2H3,(H,25,28)/t21-/m0/s1. The van der Waals surface area contributed by atoms with E-state index in [0.29, 0.717) is 36.7 Å². The summed E-state index contributed by atoms with van der Waals surface area (Å²) >= 11 is 7.97. The minimum atomic E-state index is -0.507. The van der Waals surface area contributed by atoms with Crippen LogP contribution in [0.4, 0.5) is 0 Å². The van der Waals surface area contributed by atoms with Gasteiger partial charge in [0.1, 0.15) is 6.04 Å². The molecule has 2 amide bonds. The molecule has 6 heteroatoms. The Kier molecular flexibility index (Phi) is 10.1. The number of amides is 2. The van der Waals surface area contributed by atoms with E-state index in [2.05, 4.69) is 5.32 Å². The van der Waals surface area contributed by atoms with E-state index < -0.39 is 6.04 Å². The number of nitrogens with one attached hydrogen (secondary N) is 1. The molecule has 2 aromatic rings. The first kappa shape index (κ1) is 23.3. The summed E-state index contributed by atoms with van der Waals surface area (Å²) in [7, 11) is 0. The predicted molar refractivity (Wildman–Crippen MR) is 121 cm³/mol. The van der Waals surface area contributed by atoms with Crippen LogP contribution in [0.3, 0.4) is 0 Å². The van der Waals surface area contributed by atoms with Gasteiger partial charge in [0.05, 0.1) is 0 Å². The highest BCUT2D eigenvalue weighted by molar-refractivity contribution is 7.99. The van der Waals surface area contributed by atoms with E-state index in [1.165, 1.54) is 0 Å². The van der Waals surface area contributed by atoms with Gasteiger partial charge in [-0.25, -0.2) is 0 Å². The number of hydrogen-bond acceptors (Lipinski definition) is 3. The summed E-state index contributed by atoms with van der Waals surface area (Å²) in [5.41, 5.74) is 0.847. The van der Waals surface area contributed by atoms with Crippen molar-refractivity contribution < 1.29 is 9.59 Å². The van der Waals surface area contributed by atoms with Crippen molar-refractivity contribution in [3.8, 4) is 0 Å². The Bertz CT molecular complexity index is 785. The Morgan fingerprint density at radius 3 is 2.41 bits per heavy atom. The molecule has 1 atom stereocenters. The van der Waals surface area contributed by atoms with E-state index >= 15 is 0 Å². The van der Waals surface area contributed by atoms with Crippen LogP contribution in [0, 0.1) is 0 Å². The van der Waals surface area contributed by atoms with E-state index in [1.807, 2.05) is 68.4 Å². The van der Waals surface area contributed by atoms with Crippen LogP contribution in [-0.2, 0) is 16.1 Å². The summed E-state index contributed by atoms with van der Waals surface area (Å²) in [6.07, 6.45) is 1.77. The molecule has 2 rings (SSSR count). The molecule has 0 fully saturated rings. The van der Waals surface area contributed by atoms with Crippen molar-refractivity contribution in [2.75, 3.05) is 12.3 Å². The van der Waals surface area contributed by atoms with Crippen molar-refractivity contribution in [2.45, 2.75) is 50.6 Å². The van der Waals surface area contributed by atoms with Crippen LogP contribution in [-0.4, -0.2) is 35.1 Å². The Balaban J connectivity index is 2.12. The number of carbonyl (C=O) groups is 2. The van der Waals surface area contributed by atoms with Crippen LogP contribution >= 0.6 is 23.4 Å². The fourth-order valence-electron chi connectivity index (χ4n) is 3.01. The molecule has 0 aliphatic heterocycles. The zero-order valence-electron chi connectivity index (χ0n) is 17.1. The average Bonchev–Trinajstić information content (AvgIpc) is 2.74. The zero-order valence-corrected chi connectivity index (χ0v) is 18.6. The first-order valence-electron chi connectivity index (χ1n) is 10.0. The molecule has 0 bridgehead atoms. The molecule has 0 aromatic heterocycles. The lowest BCUT2D eigenvalue weighted by atomic mass is 10.1.